The molecule has 0 spiro atoms. The lowest BCUT2D eigenvalue weighted by Gasteiger charge is -2.12. The molecule has 0 bridgehead atoms. The molecule has 2 aromatic carbocycles. The zero-order valence-corrected chi connectivity index (χ0v) is 11.5. The van der Waals surface area contributed by atoms with Crippen molar-refractivity contribution in [2.45, 2.75) is 6.54 Å². The summed E-state index contributed by atoms with van der Waals surface area (Å²) in [7, 11) is 1.62. The van der Waals surface area contributed by atoms with E-state index in [1.54, 1.807) is 7.11 Å². The van der Waals surface area contributed by atoms with Crippen LogP contribution in [-0.4, -0.2) is 20.3 Å². The lowest BCUT2D eigenvalue weighted by molar-refractivity contribution is 0.215. The van der Waals surface area contributed by atoms with Crippen molar-refractivity contribution in [3.63, 3.8) is 0 Å². The van der Waals surface area contributed by atoms with Crippen LogP contribution in [0.15, 0.2) is 48.5 Å². The van der Waals surface area contributed by atoms with Gasteiger partial charge in [0, 0.05) is 18.2 Å². The highest BCUT2D eigenvalue weighted by Crippen LogP contribution is 2.24. The average Bonchev–Trinajstić information content (AvgIpc) is 2.52. The maximum atomic E-state index is 5.71. The van der Waals surface area contributed by atoms with Gasteiger partial charge in [0.1, 0.15) is 30.5 Å². The number of ether oxygens (including phenoxy) is 3. The SMILES string of the molecule is COc1ccc(CN)c(OCCOc2ccccc2)c1. The molecule has 4 heteroatoms. The van der Waals surface area contributed by atoms with E-state index in [-0.39, 0.29) is 0 Å². The molecule has 0 saturated carbocycles. The molecule has 0 saturated heterocycles. The highest BCUT2D eigenvalue weighted by molar-refractivity contribution is 5.40. The third-order valence-corrected chi connectivity index (χ3v) is 2.85. The molecule has 0 amide bonds. The highest BCUT2D eigenvalue weighted by Gasteiger charge is 2.04. The summed E-state index contributed by atoms with van der Waals surface area (Å²) in [5, 5.41) is 0. The van der Waals surface area contributed by atoms with Crippen LogP contribution in [0.2, 0.25) is 0 Å². The lowest BCUT2D eigenvalue weighted by atomic mass is 10.2. The van der Waals surface area contributed by atoms with E-state index in [9.17, 15) is 0 Å². The van der Waals surface area contributed by atoms with Gasteiger partial charge in [-0.2, -0.15) is 0 Å². The van der Waals surface area contributed by atoms with Crippen LogP contribution in [0.25, 0.3) is 0 Å². The highest BCUT2D eigenvalue weighted by atomic mass is 16.5. The number of hydrogen-bond donors (Lipinski definition) is 1. The second kappa shape index (κ2) is 7.40. The first-order chi connectivity index (χ1) is 9.83. The molecule has 20 heavy (non-hydrogen) atoms. The van der Waals surface area contributed by atoms with Gasteiger partial charge in [-0.25, -0.2) is 0 Å². The van der Waals surface area contributed by atoms with Crippen molar-refractivity contribution in [2.75, 3.05) is 20.3 Å². The van der Waals surface area contributed by atoms with Crippen molar-refractivity contribution in [3.8, 4) is 17.2 Å². The van der Waals surface area contributed by atoms with Crippen molar-refractivity contribution in [1.29, 1.82) is 0 Å². The molecule has 4 nitrogen and oxygen atoms in total. The Morgan fingerprint density at radius 2 is 1.65 bits per heavy atom. The van der Waals surface area contributed by atoms with Crippen molar-refractivity contribution >= 4 is 0 Å². The van der Waals surface area contributed by atoms with Gasteiger partial charge in [-0.3, -0.25) is 0 Å². The largest absolute Gasteiger partial charge is 0.497 e. The normalized spacial score (nSPS) is 10.1. The van der Waals surface area contributed by atoms with Gasteiger partial charge in [-0.1, -0.05) is 24.3 Å². The smallest absolute Gasteiger partial charge is 0.127 e. The fourth-order valence-electron chi connectivity index (χ4n) is 1.79. The molecule has 0 heterocycles. The Labute approximate surface area is 119 Å². The Balaban J connectivity index is 1.87. The zero-order valence-electron chi connectivity index (χ0n) is 11.5. The maximum absolute atomic E-state index is 5.71. The van der Waals surface area contributed by atoms with E-state index in [4.69, 9.17) is 19.9 Å². The summed E-state index contributed by atoms with van der Waals surface area (Å²) in [6.07, 6.45) is 0. The van der Waals surface area contributed by atoms with Gasteiger partial charge in [0.15, 0.2) is 0 Å². The Hall–Kier alpha value is -2.20. The van der Waals surface area contributed by atoms with Crippen LogP contribution in [-0.2, 0) is 6.54 Å². The summed E-state index contributed by atoms with van der Waals surface area (Å²) < 4.78 is 16.5. The monoisotopic (exact) mass is 273 g/mol. The molecule has 2 N–H and O–H groups in total. The minimum absolute atomic E-state index is 0.429. The van der Waals surface area contributed by atoms with Crippen molar-refractivity contribution in [1.82, 2.24) is 0 Å². The van der Waals surface area contributed by atoms with E-state index in [2.05, 4.69) is 0 Å². The van der Waals surface area contributed by atoms with Crippen LogP contribution in [0.3, 0.4) is 0 Å². The predicted octanol–water partition coefficient (Wildman–Crippen LogP) is 2.61. The van der Waals surface area contributed by atoms with Crippen LogP contribution in [0, 0.1) is 0 Å². The van der Waals surface area contributed by atoms with Crippen LogP contribution < -0.4 is 19.9 Å². The van der Waals surface area contributed by atoms with E-state index in [0.717, 1.165) is 22.8 Å². The molecule has 0 aromatic heterocycles. The fourth-order valence-corrected chi connectivity index (χ4v) is 1.79. The quantitative estimate of drug-likeness (QED) is 0.788. The summed E-state index contributed by atoms with van der Waals surface area (Å²) in [6, 6.07) is 15.3. The molecule has 0 fully saturated rings. The molecule has 0 aliphatic carbocycles. The van der Waals surface area contributed by atoms with Crippen LogP contribution in [0.1, 0.15) is 5.56 Å². The molecule has 0 aliphatic rings. The number of methoxy groups -OCH3 is 1. The molecule has 0 radical (unpaired) electrons. The first kappa shape index (κ1) is 14.2. The van der Waals surface area contributed by atoms with Crippen molar-refractivity contribution < 1.29 is 14.2 Å². The lowest BCUT2D eigenvalue weighted by Crippen LogP contribution is -2.11. The van der Waals surface area contributed by atoms with Gasteiger partial charge in [0.2, 0.25) is 0 Å². The van der Waals surface area contributed by atoms with Gasteiger partial charge in [-0.05, 0) is 18.2 Å². The minimum atomic E-state index is 0.429. The van der Waals surface area contributed by atoms with E-state index in [1.807, 2.05) is 48.5 Å². The number of para-hydroxylation sites is 1. The maximum Gasteiger partial charge on any atom is 0.127 e. The van der Waals surface area contributed by atoms with E-state index < -0.39 is 0 Å². The van der Waals surface area contributed by atoms with Gasteiger partial charge >= 0.3 is 0 Å². The second-order valence-corrected chi connectivity index (χ2v) is 4.19. The van der Waals surface area contributed by atoms with Crippen LogP contribution in [0.5, 0.6) is 17.2 Å². The van der Waals surface area contributed by atoms with Crippen molar-refractivity contribution in [3.05, 3.63) is 54.1 Å². The van der Waals surface area contributed by atoms with Gasteiger partial charge in [0.25, 0.3) is 0 Å². The summed E-state index contributed by atoms with van der Waals surface area (Å²) in [5.74, 6) is 2.32. The molecule has 2 aromatic rings. The molecule has 2 rings (SSSR count). The Kier molecular flexibility index (Phi) is 5.26. The standard InChI is InChI=1S/C16H19NO3/c1-18-15-8-7-13(12-17)16(11-15)20-10-9-19-14-5-3-2-4-6-14/h2-8,11H,9-10,12,17H2,1H3. The third kappa shape index (κ3) is 3.90. The van der Waals surface area contributed by atoms with Gasteiger partial charge < -0.3 is 19.9 Å². The average molecular weight is 273 g/mol. The number of rotatable bonds is 7. The first-order valence-corrected chi connectivity index (χ1v) is 6.51. The van der Waals surface area contributed by atoms with Crippen molar-refractivity contribution in [2.24, 2.45) is 5.73 Å². The molecule has 0 aliphatic heterocycles. The molecular formula is C16H19NO3. The Morgan fingerprint density at radius 1 is 0.900 bits per heavy atom. The van der Waals surface area contributed by atoms with Crippen LogP contribution in [0.4, 0.5) is 0 Å². The Bertz CT molecular complexity index is 529. The molecule has 0 unspecified atom stereocenters. The minimum Gasteiger partial charge on any atom is -0.497 e. The van der Waals surface area contributed by atoms with Gasteiger partial charge in [-0.15, -0.1) is 0 Å². The zero-order chi connectivity index (χ0) is 14.2. The van der Waals surface area contributed by atoms with E-state index in [1.165, 1.54) is 0 Å². The number of nitrogens with two attached hydrogens (primary N) is 1. The number of hydrogen-bond acceptors (Lipinski definition) is 4. The summed E-state index contributed by atoms with van der Waals surface area (Å²) in [4.78, 5) is 0. The topological polar surface area (TPSA) is 53.7 Å². The van der Waals surface area contributed by atoms with E-state index in [0.29, 0.717) is 19.8 Å². The summed E-state index contributed by atoms with van der Waals surface area (Å²) in [5.41, 5.74) is 6.63. The molecule has 0 atom stereocenters. The molecular weight excluding hydrogens is 254 g/mol. The van der Waals surface area contributed by atoms with Gasteiger partial charge in [0.05, 0.1) is 7.11 Å². The second-order valence-electron chi connectivity index (χ2n) is 4.19. The van der Waals surface area contributed by atoms with Crippen LogP contribution >= 0.6 is 0 Å². The fraction of sp³-hybridized carbons (Fsp3) is 0.250. The summed E-state index contributed by atoms with van der Waals surface area (Å²) in [6.45, 7) is 1.36. The number of benzene rings is 2. The predicted molar refractivity (Wildman–Crippen MR) is 78.3 cm³/mol. The first-order valence-electron chi connectivity index (χ1n) is 6.51. The summed E-state index contributed by atoms with van der Waals surface area (Å²) >= 11 is 0. The van der Waals surface area contributed by atoms with E-state index >= 15 is 0 Å². The Morgan fingerprint density at radius 3 is 2.35 bits per heavy atom. The molecule has 106 valence electrons. The third-order valence-electron chi connectivity index (χ3n) is 2.85.